The molecule has 4 unspecified atom stereocenters. The molecule has 0 spiro atoms. The number of carboxylic acids is 1. The van der Waals surface area contributed by atoms with Crippen molar-refractivity contribution in [3.8, 4) is 0 Å². The molecular formula is C20H35N7O5S. The molecular weight excluding hydrogens is 450 g/mol. The largest absolute Gasteiger partial charge is 0.480 e. The zero-order valence-corrected chi connectivity index (χ0v) is 19.8. The van der Waals surface area contributed by atoms with Gasteiger partial charge in [0.15, 0.2) is 0 Å². The minimum Gasteiger partial charge on any atom is -0.480 e. The number of imidazole rings is 1. The first-order chi connectivity index (χ1) is 15.6. The van der Waals surface area contributed by atoms with Crippen LogP contribution < -0.4 is 27.4 Å². The molecule has 3 amide bonds. The number of nitrogens with two attached hydrogens (primary N) is 2. The van der Waals surface area contributed by atoms with E-state index in [1.165, 1.54) is 6.33 Å². The normalized spacial score (nSPS) is 14.7. The molecule has 0 aliphatic heterocycles. The quantitative estimate of drug-likeness (QED) is 0.108. The zero-order chi connectivity index (χ0) is 25.0. The number of carbonyl (C=O) groups excluding carboxylic acids is 3. The summed E-state index contributed by atoms with van der Waals surface area (Å²) in [5.74, 6) is -3.42. The second kappa shape index (κ2) is 14.5. The van der Waals surface area contributed by atoms with Crippen LogP contribution >= 0.6 is 12.6 Å². The summed E-state index contributed by atoms with van der Waals surface area (Å²) in [6.07, 6.45) is 4.76. The van der Waals surface area contributed by atoms with Crippen LogP contribution in [0.25, 0.3) is 0 Å². The number of hydrogen-bond acceptors (Lipinski definition) is 8. The minimum atomic E-state index is -1.23. The number of H-pyrrole nitrogens is 1. The van der Waals surface area contributed by atoms with Gasteiger partial charge in [-0.25, -0.2) is 9.78 Å². The molecule has 186 valence electrons. The zero-order valence-electron chi connectivity index (χ0n) is 18.9. The van der Waals surface area contributed by atoms with Crippen molar-refractivity contribution in [1.82, 2.24) is 25.9 Å². The van der Waals surface area contributed by atoms with Crippen molar-refractivity contribution in [3.63, 3.8) is 0 Å². The smallest absolute Gasteiger partial charge is 0.327 e. The highest BCUT2D eigenvalue weighted by molar-refractivity contribution is 7.80. The summed E-state index contributed by atoms with van der Waals surface area (Å²) in [5, 5.41) is 16.8. The van der Waals surface area contributed by atoms with Crippen LogP contribution in [0.15, 0.2) is 12.5 Å². The Hall–Kier alpha value is -2.64. The summed E-state index contributed by atoms with van der Waals surface area (Å²) >= 11 is 3.93. The summed E-state index contributed by atoms with van der Waals surface area (Å²) in [7, 11) is 0. The van der Waals surface area contributed by atoms with E-state index < -0.39 is 47.9 Å². The van der Waals surface area contributed by atoms with Gasteiger partial charge in [-0.3, -0.25) is 14.4 Å². The van der Waals surface area contributed by atoms with Gasteiger partial charge in [-0.05, 0) is 31.7 Å². The van der Waals surface area contributed by atoms with E-state index in [0.717, 1.165) is 0 Å². The van der Waals surface area contributed by atoms with E-state index in [-0.39, 0.29) is 18.1 Å². The minimum absolute atomic E-state index is 0.105. The lowest BCUT2D eigenvalue weighted by Crippen LogP contribution is -2.58. The van der Waals surface area contributed by atoms with Crippen molar-refractivity contribution in [3.05, 3.63) is 18.2 Å². The fourth-order valence-electron chi connectivity index (χ4n) is 3.00. The lowest BCUT2D eigenvalue weighted by Gasteiger charge is -2.27. The van der Waals surface area contributed by atoms with Crippen LogP contribution in [0.1, 0.15) is 38.8 Å². The van der Waals surface area contributed by atoms with Crippen molar-refractivity contribution >= 4 is 36.3 Å². The Morgan fingerprint density at radius 2 is 1.76 bits per heavy atom. The Morgan fingerprint density at radius 1 is 1.09 bits per heavy atom. The van der Waals surface area contributed by atoms with Crippen LogP contribution in [0, 0.1) is 5.92 Å². The van der Waals surface area contributed by atoms with E-state index >= 15 is 0 Å². The third kappa shape index (κ3) is 9.80. The third-order valence-corrected chi connectivity index (χ3v) is 5.32. The molecule has 1 aromatic heterocycles. The number of thiol groups is 1. The van der Waals surface area contributed by atoms with Crippen molar-refractivity contribution < 1.29 is 24.3 Å². The van der Waals surface area contributed by atoms with Gasteiger partial charge in [-0.1, -0.05) is 13.8 Å². The number of carboxylic acid groups (broad SMARTS) is 1. The second-order valence-electron chi connectivity index (χ2n) is 8.05. The second-order valence-corrected chi connectivity index (χ2v) is 8.41. The maximum Gasteiger partial charge on any atom is 0.327 e. The van der Waals surface area contributed by atoms with Crippen molar-refractivity contribution in [2.75, 3.05) is 12.3 Å². The van der Waals surface area contributed by atoms with Crippen LogP contribution in [-0.2, 0) is 25.6 Å². The summed E-state index contributed by atoms with van der Waals surface area (Å²) in [6, 6.07) is -4.05. The van der Waals surface area contributed by atoms with Crippen LogP contribution in [0.5, 0.6) is 0 Å². The number of aromatic nitrogens is 2. The Labute approximate surface area is 198 Å². The van der Waals surface area contributed by atoms with Crippen LogP contribution in [-0.4, -0.2) is 75.2 Å². The number of nitrogens with zero attached hydrogens (tertiary/aromatic N) is 1. The van der Waals surface area contributed by atoms with E-state index in [0.29, 0.717) is 31.5 Å². The van der Waals surface area contributed by atoms with Gasteiger partial charge in [0.2, 0.25) is 17.7 Å². The van der Waals surface area contributed by atoms with Crippen LogP contribution in [0.3, 0.4) is 0 Å². The summed E-state index contributed by atoms with van der Waals surface area (Å²) in [5.41, 5.74) is 12.2. The molecule has 0 bridgehead atoms. The molecule has 0 aliphatic rings. The maximum absolute atomic E-state index is 13.0. The number of amides is 3. The summed E-state index contributed by atoms with van der Waals surface area (Å²) in [4.78, 5) is 56.2. The van der Waals surface area contributed by atoms with Crippen LogP contribution in [0.4, 0.5) is 0 Å². The molecule has 9 N–H and O–H groups in total. The average Bonchev–Trinajstić information content (AvgIpc) is 3.27. The molecule has 1 heterocycles. The van der Waals surface area contributed by atoms with Gasteiger partial charge >= 0.3 is 5.97 Å². The van der Waals surface area contributed by atoms with Gasteiger partial charge in [0, 0.05) is 24.1 Å². The number of rotatable bonds is 15. The molecule has 1 aromatic rings. The van der Waals surface area contributed by atoms with Gasteiger partial charge in [-0.2, -0.15) is 12.6 Å². The van der Waals surface area contributed by atoms with Crippen LogP contribution in [0.2, 0.25) is 0 Å². The first-order valence-electron chi connectivity index (χ1n) is 10.8. The SMILES string of the molecule is CC(C)C(NC(=O)C(CCCCN)NC(=O)C(N)Cc1cnc[nH]1)C(=O)NC(CS)C(=O)O. The molecule has 0 aromatic carbocycles. The van der Waals surface area contributed by atoms with E-state index in [1.54, 1.807) is 20.0 Å². The number of aromatic amines is 1. The fraction of sp³-hybridized carbons (Fsp3) is 0.650. The van der Waals surface area contributed by atoms with Gasteiger partial charge in [0.05, 0.1) is 12.4 Å². The Balaban J connectivity index is 2.87. The molecule has 4 atom stereocenters. The monoisotopic (exact) mass is 485 g/mol. The highest BCUT2D eigenvalue weighted by Crippen LogP contribution is 2.07. The molecule has 0 fully saturated rings. The standard InChI is InChI=1S/C20H35N7O5S/c1-11(2)16(19(30)26-15(9-33)20(31)32)27-18(29)14(5-3-4-6-21)25-17(28)13(22)7-12-8-23-10-24-12/h8,10-11,13-16,33H,3-7,9,21-22H2,1-2H3,(H,23,24)(H,25,28)(H,26,30)(H,27,29)(H,31,32). The van der Waals surface area contributed by atoms with E-state index in [1.807, 2.05) is 0 Å². The molecule has 0 saturated carbocycles. The van der Waals surface area contributed by atoms with Crippen molar-refractivity contribution in [2.45, 2.75) is 63.7 Å². The fourth-order valence-corrected chi connectivity index (χ4v) is 3.25. The molecule has 13 heteroatoms. The lowest BCUT2D eigenvalue weighted by molar-refractivity contribution is -0.142. The molecule has 33 heavy (non-hydrogen) atoms. The Bertz CT molecular complexity index is 775. The van der Waals surface area contributed by atoms with E-state index in [9.17, 15) is 19.2 Å². The first kappa shape index (κ1) is 28.4. The van der Waals surface area contributed by atoms with E-state index in [4.69, 9.17) is 16.6 Å². The third-order valence-electron chi connectivity index (χ3n) is 4.96. The number of nitrogens with one attached hydrogen (secondary N) is 4. The predicted octanol–water partition coefficient (Wildman–Crippen LogP) is -1.47. The Kier molecular flexibility index (Phi) is 12.5. The maximum atomic E-state index is 13.0. The van der Waals surface area contributed by atoms with Gasteiger partial charge in [-0.15, -0.1) is 0 Å². The molecule has 1 rings (SSSR count). The highest BCUT2D eigenvalue weighted by Gasteiger charge is 2.31. The summed E-state index contributed by atoms with van der Waals surface area (Å²) in [6.45, 7) is 3.85. The number of unbranched alkanes of at least 4 members (excludes halogenated alkanes) is 1. The number of aliphatic carboxylic acids is 1. The lowest BCUT2D eigenvalue weighted by atomic mass is 10.0. The summed E-state index contributed by atoms with van der Waals surface area (Å²) < 4.78 is 0. The van der Waals surface area contributed by atoms with Gasteiger partial charge in [0.1, 0.15) is 18.1 Å². The predicted molar refractivity (Wildman–Crippen MR) is 125 cm³/mol. The topological polar surface area (TPSA) is 205 Å². The van der Waals surface area contributed by atoms with Gasteiger partial charge in [0.25, 0.3) is 0 Å². The first-order valence-corrected chi connectivity index (χ1v) is 11.4. The average molecular weight is 486 g/mol. The van der Waals surface area contributed by atoms with Crippen molar-refractivity contribution in [2.24, 2.45) is 17.4 Å². The van der Waals surface area contributed by atoms with Crippen molar-refractivity contribution in [1.29, 1.82) is 0 Å². The molecule has 0 aliphatic carbocycles. The molecule has 0 radical (unpaired) electrons. The molecule has 12 nitrogen and oxygen atoms in total. The highest BCUT2D eigenvalue weighted by atomic mass is 32.1. The number of hydrogen-bond donors (Lipinski definition) is 8. The van der Waals surface area contributed by atoms with Gasteiger partial charge < -0.3 is 37.5 Å². The molecule has 0 saturated heterocycles. The van der Waals surface area contributed by atoms with E-state index in [2.05, 4.69) is 38.5 Å². The Morgan fingerprint density at radius 3 is 2.27 bits per heavy atom. The number of carbonyl (C=O) groups is 4.